The number of carboxylic acid groups (broad SMARTS) is 1. The van der Waals surface area contributed by atoms with Crippen molar-refractivity contribution >= 4 is 40.6 Å². The molecule has 0 saturated carbocycles. The Hall–Kier alpha value is -3.58. The molecule has 2 amide bonds. The van der Waals surface area contributed by atoms with Crippen LogP contribution in [0.2, 0.25) is 0 Å². The summed E-state index contributed by atoms with van der Waals surface area (Å²) >= 11 is 0.839. The molecule has 0 aliphatic carbocycles. The molecular weight excluding hydrogens is 390 g/mol. The maximum absolute atomic E-state index is 12.7. The average molecular weight is 404 g/mol. The molecule has 2 heterocycles. The predicted molar refractivity (Wildman–Crippen MR) is 108 cm³/mol. The Morgan fingerprint density at radius 1 is 1.07 bits per heavy atom. The van der Waals surface area contributed by atoms with Crippen molar-refractivity contribution in [2.75, 3.05) is 4.90 Å². The van der Waals surface area contributed by atoms with Gasteiger partial charge in [-0.25, -0.2) is 4.90 Å². The maximum Gasteiger partial charge on any atom is 0.298 e. The van der Waals surface area contributed by atoms with Crippen molar-refractivity contribution in [2.45, 2.75) is 6.92 Å². The Kier molecular flexibility index (Phi) is 4.82. The second-order valence-corrected chi connectivity index (χ2v) is 7.37. The highest BCUT2D eigenvalue weighted by molar-refractivity contribution is 8.19. The molecule has 6 nitrogen and oxygen atoms in total. The van der Waals surface area contributed by atoms with Crippen LogP contribution in [0.4, 0.5) is 10.5 Å². The van der Waals surface area contributed by atoms with Crippen LogP contribution in [0.5, 0.6) is 0 Å². The summed E-state index contributed by atoms with van der Waals surface area (Å²) in [5, 5.41) is 10.7. The molecule has 0 radical (unpaired) electrons. The highest BCUT2D eigenvalue weighted by atomic mass is 32.2. The van der Waals surface area contributed by atoms with E-state index >= 15 is 0 Å². The van der Waals surface area contributed by atoms with Crippen LogP contribution in [-0.2, 0) is 4.79 Å². The number of aromatic carboxylic acids is 1. The molecule has 0 N–H and O–H groups in total. The van der Waals surface area contributed by atoms with Crippen molar-refractivity contribution in [2.24, 2.45) is 0 Å². The number of hydrogen-bond acceptors (Lipinski definition) is 6. The van der Waals surface area contributed by atoms with Gasteiger partial charge in [-0.1, -0.05) is 30.3 Å². The maximum atomic E-state index is 12.7. The van der Waals surface area contributed by atoms with Crippen LogP contribution in [0.25, 0.3) is 17.4 Å². The fourth-order valence-corrected chi connectivity index (χ4v) is 3.81. The molecule has 7 heteroatoms. The number of imide groups is 1. The van der Waals surface area contributed by atoms with E-state index in [1.165, 1.54) is 18.2 Å². The predicted octanol–water partition coefficient (Wildman–Crippen LogP) is 3.86. The van der Waals surface area contributed by atoms with Crippen molar-refractivity contribution in [1.82, 2.24) is 0 Å². The van der Waals surface area contributed by atoms with Crippen LogP contribution in [0, 0.1) is 6.92 Å². The third kappa shape index (κ3) is 3.60. The largest absolute Gasteiger partial charge is 0.545 e. The first-order chi connectivity index (χ1) is 13.9. The quantitative estimate of drug-likeness (QED) is 0.614. The highest BCUT2D eigenvalue weighted by Crippen LogP contribution is 2.36. The van der Waals surface area contributed by atoms with E-state index in [-0.39, 0.29) is 15.7 Å². The fraction of sp³-hybridized carbons (Fsp3) is 0.0455. The van der Waals surface area contributed by atoms with Gasteiger partial charge < -0.3 is 14.3 Å². The van der Waals surface area contributed by atoms with Gasteiger partial charge in [-0.15, -0.1) is 0 Å². The number of anilines is 1. The molecule has 1 saturated heterocycles. The number of amides is 2. The molecule has 29 heavy (non-hydrogen) atoms. The first-order valence-electron chi connectivity index (χ1n) is 8.69. The highest BCUT2D eigenvalue weighted by Gasteiger charge is 2.36. The second-order valence-electron chi connectivity index (χ2n) is 6.37. The number of benzene rings is 2. The molecule has 3 aromatic rings. The van der Waals surface area contributed by atoms with Gasteiger partial charge in [0.1, 0.15) is 11.5 Å². The zero-order valence-electron chi connectivity index (χ0n) is 15.2. The van der Waals surface area contributed by atoms with E-state index in [4.69, 9.17) is 4.42 Å². The Morgan fingerprint density at radius 2 is 1.83 bits per heavy atom. The van der Waals surface area contributed by atoms with Crippen molar-refractivity contribution in [3.8, 4) is 11.3 Å². The number of carbonyl (C=O) groups is 3. The van der Waals surface area contributed by atoms with Crippen LogP contribution < -0.4 is 10.0 Å². The Morgan fingerprint density at radius 3 is 2.55 bits per heavy atom. The van der Waals surface area contributed by atoms with Gasteiger partial charge in [0.05, 0.1) is 16.6 Å². The lowest BCUT2D eigenvalue weighted by Gasteiger charge is -2.11. The molecule has 4 rings (SSSR count). The molecule has 1 aliphatic heterocycles. The topological polar surface area (TPSA) is 90.6 Å². The molecule has 0 unspecified atom stereocenters. The lowest BCUT2D eigenvalue weighted by atomic mass is 10.0. The van der Waals surface area contributed by atoms with Crippen molar-refractivity contribution in [3.63, 3.8) is 0 Å². The molecule has 1 aromatic heterocycles. The fourth-order valence-electron chi connectivity index (χ4n) is 2.99. The van der Waals surface area contributed by atoms with Gasteiger partial charge in [0, 0.05) is 11.6 Å². The number of carboxylic acids is 1. The Labute approximate surface area is 170 Å². The molecule has 1 fully saturated rings. The summed E-state index contributed by atoms with van der Waals surface area (Å²) in [5.74, 6) is -0.845. The molecule has 0 atom stereocenters. The molecule has 144 valence electrons. The van der Waals surface area contributed by atoms with E-state index in [0.29, 0.717) is 22.8 Å². The van der Waals surface area contributed by atoms with Crippen molar-refractivity contribution < 1.29 is 23.9 Å². The number of aryl methyl sites for hydroxylation is 1. The third-order valence-electron chi connectivity index (χ3n) is 4.45. The lowest BCUT2D eigenvalue weighted by Crippen LogP contribution is -2.27. The molecule has 0 bridgehead atoms. The summed E-state index contributed by atoms with van der Waals surface area (Å²) in [6, 6.07) is 16.7. The number of nitrogens with zero attached hydrogens (tertiary/aromatic N) is 1. The molecule has 2 aromatic carbocycles. The van der Waals surface area contributed by atoms with Crippen LogP contribution >= 0.6 is 11.8 Å². The first-order valence-corrected chi connectivity index (χ1v) is 9.51. The van der Waals surface area contributed by atoms with Crippen LogP contribution in [0.15, 0.2) is 70.0 Å². The van der Waals surface area contributed by atoms with Gasteiger partial charge in [0.25, 0.3) is 11.1 Å². The monoisotopic (exact) mass is 404 g/mol. The van der Waals surface area contributed by atoms with Crippen molar-refractivity contribution in [3.05, 3.63) is 82.5 Å². The van der Waals surface area contributed by atoms with E-state index < -0.39 is 11.9 Å². The van der Waals surface area contributed by atoms with Gasteiger partial charge in [0.15, 0.2) is 0 Å². The summed E-state index contributed by atoms with van der Waals surface area (Å²) < 4.78 is 5.79. The molecular formula is C22H14NO5S-. The van der Waals surface area contributed by atoms with E-state index in [9.17, 15) is 19.5 Å². The van der Waals surface area contributed by atoms with Gasteiger partial charge in [0.2, 0.25) is 0 Å². The average Bonchev–Trinajstić information content (AvgIpc) is 3.27. The van der Waals surface area contributed by atoms with Gasteiger partial charge in [-0.2, -0.15) is 0 Å². The summed E-state index contributed by atoms with van der Waals surface area (Å²) in [7, 11) is 0. The SMILES string of the molecule is Cc1ccc(C(=O)[O-])cc1-c1ccc(/C=C2/SC(=O)N(c3ccccc3)C2=O)o1. The number of para-hydroxylation sites is 1. The summed E-state index contributed by atoms with van der Waals surface area (Å²) in [6.45, 7) is 1.84. The number of thioether (sulfide) groups is 1. The van der Waals surface area contributed by atoms with Gasteiger partial charge in [-0.05, 0) is 60.1 Å². The minimum Gasteiger partial charge on any atom is -0.545 e. The minimum atomic E-state index is -1.27. The standard InChI is InChI=1S/C22H15NO5S/c1-13-7-8-14(21(25)26)11-17(13)18-10-9-16(28-18)12-19-20(24)23(22(27)29-19)15-5-3-2-4-6-15/h2-12H,1H3,(H,25,26)/p-1/b19-12+. The van der Waals surface area contributed by atoms with E-state index in [2.05, 4.69) is 0 Å². The van der Waals surface area contributed by atoms with E-state index in [1.807, 2.05) is 6.92 Å². The van der Waals surface area contributed by atoms with E-state index in [0.717, 1.165) is 22.2 Å². The normalized spacial score (nSPS) is 15.3. The zero-order chi connectivity index (χ0) is 20.5. The van der Waals surface area contributed by atoms with E-state index in [1.54, 1.807) is 48.5 Å². The van der Waals surface area contributed by atoms with Crippen LogP contribution in [-0.4, -0.2) is 17.1 Å². The summed E-state index contributed by atoms with van der Waals surface area (Å²) in [5.41, 5.74) is 2.00. The Balaban J connectivity index is 1.64. The number of rotatable bonds is 4. The first kappa shape index (κ1) is 18.8. The minimum absolute atomic E-state index is 0.0486. The Bertz CT molecular complexity index is 1160. The number of furan rings is 1. The van der Waals surface area contributed by atoms with Crippen LogP contribution in [0.3, 0.4) is 0 Å². The lowest BCUT2D eigenvalue weighted by molar-refractivity contribution is -0.255. The number of hydrogen-bond donors (Lipinski definition) is 0. The second kappa shape index (κ2) is 7.44. The zero-order valence-corrected chi connectivity index (χ0v) is 16.1. The van der Waals surface area contributed by atoms with Gasteiger partial charge in [-0.3, -0.25) is 9.59 Å². The third-order valence-corrected chi connectivity index (χ3v) is 5.32. The van der Waals surface area contributed by atoms with Crippen molar-refractivity contribution in [1.29, 1.82) is 0 Å². The summed E-state index contributed by atoms with van der Waals surface area (Å²) in [6.07, 6.45) is 1.51. The molecule has 0 spiro atoms. The van der Waals surface area contributed by atoms with Gasteiger partial charge >= 0.3 is 0 Å². The molecule has 1 aliphatic rings. The van der Waals surface area contributed by atoms with Crippen LogP contribution in [0.1, 0.15) is 21.7 Å². The summed E-state index contributed by atoms with van der Waals surface area (Å²) in [4.78, 5) is 37.5. The smallest absolute Gasteiger partial charge is 0.298 e. The number of carbonyl (C=O) groups excluding carboxylic acids is 3.